The summed E-state index contributed by atoms with van der Waals surface area (Å²) in [5.41, 5.74) is 4.97. The summed E-state index contributed by atoms with van der Waals surface area (Å²) in [5, 5.41) is 23.0. The van der Waals surface area contributed by atoms with Gasteiger partial charge in [0.15, 0.2) is 0 Å². The van der Waals surface area contributed by atoms with Gasteiger partial charge in [-0.1, -0.05) is 17.7 Å². The summed E-state index contributed by atoms with van der Waals surface area (Å²) in [6.45, 7) is 6.45. The third kappa shape index (κ3) is 5.19. The summed E-state index contributed by atoms with van der Waals surface area (Å²) in [6, 6.07) is 3.94. The summed E-state index contributed by atoms with van der Waals surface area (Å²) >= 11 is 0. The third-order valence-electron chi connectivity index (χ3n) is 3.21. The zero-order valence-corrected chi connectivity index (χ0v) is 12.4. The van der Waals surface area contributed by atoms with Crippen molar-refractivity contribution >= 4 is 6.03 Å². The molecule has 0 aliphatic heterocycles. The van der Waals surface area contributed by atoms with E-state index >= 15 is 0 Å². The predicted molar refractivity (Wildman–Crippen MR) is 78.9 cm³/mol. The van der Waals surface area contributed by atoms with Crippen molar-refractivity contribution in [3.63, 3.8) is 0 Å². The summed E-state index contributed by atoms with van der Waals surface area (Å²) in [6.07, 6.45) is -0.143. The first-order valence-corrected chi connectivity index (χ1v) is 6.81. The third-order valence-corrected chi connectivity index (χ3v) is 3.21. The molecule has 20 heavy (non-hydrogen) atoms. The lowest BCUT2D eigenvalue weighted by atomic mass is 9.97. The average Bonchev–Trinajstić information content (AvgIpc) is 2.38. The molecule has 0 saturated heterocycles. The molecule has 1 rings (SSSR count). The van der Waals surface area contributed by atoms with Gasteiger partial charge in [-0.15, -0.1) is 0 Å². The van der Waals surface area contributed by atoms with E-state index in [1.807, 2.05) is 0 Å². The number of amides is 2. The monoisotopic (exact) mass is 280 g/mol. The fourth-order valence-electron chi connectivity index (χ4n) is 2.24. The van der Waals surface area contributed by atoms with Crippen LogP contribution in [0.2, 0.25) is 0 Å². The molecular formula is C15H24N2O3. The number of carbonyl (C=O) groups is 1. The lowest BCUT2D eigenvalue weighted by Gasteiger charge is -2.13. The van der Waals surface area contributed by atoms with Crippen LogP contribution in [-0.4, -0.2) is 42.0 Å². The molecule has 0 spiro atoms. The van der Waals surface area contributed by atoms with E-state index in [0.29, 0.717) is 6.54 Å². The Kier molecular flexibility index (Phi) is 6.48. The van der Waals surface area contributed by atoms with Gasteiger partial charge < -0.3 is 20.8 Å². The van der Waals surface area contributed by atoms with E-state index in [-0.39, 0.29) is 19.2 Å². The Labute approximate surface area is 120 Å². The van der Waals surface area contributed by atoms with E-state index in [2.05, 4.69) is 43.5 Å². The van der Waals surface area contributed by atoms with Crippen molar-refractivity contribution < 1.29 is 15.0 Å². The second-order valence-corrected chi connectivity index (χ2v) is 5.10. The normalized spacial score (nSPS) is 12.1. The molecule has 0 radical (unpaired) electrons. The maximum Gasteiger partial charge on any atom is 0.314 e. The van der Waals surface area contributed by atoms with Gasteiger partial charge in [-0.3, -0.25) is 0 Å². The molecule has 4 N–H and O–H groups in total. The second kappa shape index (κ2) is 7.87. The molecule has 0 aliphatic carbocycles. The second-order valence-electron chi connectivity index (χ2n) is 5.10. The van der Waals surface area contributed by atoms with Gasteiger partial charge >= 0.3 is 6.03 Å². The van der Waals surface area contributed by atoms with E-state index < -0.39 is 6.10 Å². The Morgan fingerprint density at radius 2 is 1.80 bits per heavy atom. The number of benzene rings is 1. The quantitative estimate of drug-likeness (QED) is 0.622. The predicted octanol–water partition coefficient (Wildman–Crippen LogP) is 0.807. The largest absolute Gasteiger partial charge is 0.394 e. The first-order valence-electron chi connectivity index (χ1n) is 6.81. The molecule has 2 amide bonds. The van der Waals surface area contributed by atoms with Crippen LogP contribution in [0.15, 0.2) is 12.1 Å². The highest BCUT2D eigenvalue weighted by Gasteiger charge is 2.07. The molecular weight excluding hydrogens is 256 g/mol. The van der Waals surface area contributed by atoms with E-state index in [1.165, 1.54) is 22.3 Å². The molecule has 0 bridgehead atoms. The minimum absolute atomic E-state index is 0.0465. The molecule has 1 aromatic carbocycles. The van der Waals surface area contributed by atoms with Crippen molar-refractivity contribution in [1.29, 1.82) is 0 Å². The lowest BCUT2D eigenvalue weighted by molar-refractivity contribution is 0.0959. The fourth-order valence-corrected chi connectivity index (χ4v) is 2.24. The molecule has 0 aliphatic rings. The number of nitrogens with one attached hydrogen (secondary N) is 2. The van der Waals surface area contributed by atoms with Gasteiger partial charge in [0, 0.05) is 13.1 Å². The topological polar surface area (TPSA) is 81.6 Å². The van der Waals surface area contributed by atoms with E-state index in [4.69, 9.17) is 10.2 Å². The van der Waals surface area contributed by atoms with Gasteiger partial charge in [0.25, 0.3) is 0 Å². The number of aliphatic hydroxyl groups excluding tert-OH is 2. The number of aryl methyl sites for hydroxylation is 3. The zero-order valence-electron chi connectivity index (χ0n) is 12.4. The molecule has 5 heteroatoms. The molecule has 1 unspecified atom stereocenters. The van der Waals surface area contributed by atoms with Crippen molar-refractivity contribution in [2.24, 2.45) is 0 Å². The van der Waals surface area contributed by atoms with Gasteiger partial charge in [-0.05, 0) is 43.9 Å². The van der Waals surface area contributed by atoms with Crippen molar-refractivity contribution in [2.45, 2.75) is 33.3 Å². The fraction of sp³-hybridized carbons (Fsp3) is 0.533. The smallest absolute Gasteiger partial charge is 0.314 e. The minimum atomic E-state index is -0.915. The van der Waals surface area contributed by atoms with Crippen LogP contribution in [0.5, 0.6) is 0 Å². The van der Waals surface area contributed by atoms with E-state index in [0.717, 1.165) is 6.42 Å². The maximum atomic E-state index is 11.5. The summed E-state index contributed by atoms with van der Waals surface area (Å²) < 4.78 is 0. The van der Waals surface area contributed by atoms with Crippen molar-refractivity contribution in [1.82, 2.24) is 10.6 Å². The van der Waals surface area contributed by atoms with Gasteiger partial charge in [-0.2, -0.15) is 0 Å². The number of hydrogen-bond donors (Lipinski definition) is 4. The highest BCUT2D eigenvalue weighted by atomic mass is 16.3. The maximum absolute atomic E-state index is 11.5. The van der Waals surface area contributed by atoms with Crippen LogP contribution >= 0.6 is 0 Å². The molecule has 0 fully saturated rings. The molecule has 0 saturated carbocycles. The van der Waals surface area contributed by atoms with Gasteiger partial charge in [0.1, 0.15) is 0 Å². The van der Waals surface area contributed by atoms with Crippen molar-refractivity contribution in [2.75, 3.05) is 19.7 Å². The van der Waals surface area contributed by atoms with Gasteiger partial charge in [-0.25, -0.2) is 4.79 Å². The molecule has 5 nitrogen and oxygen atoms in total. The Morgan fingerprint density at radius 1 is 1.20 bits per heavy atom. The molecule has 1 atom stereocenters. The Balaban J connectivity index is 2.39. The summed E-state index contributed by atoms with van der Waals surface area (Å²) in [5.74, 6) is 0. The van der Waals surface area contributed by atoms with E-state index in [1.54, 1.807) is 0 Å². The highest BCUT2D eigenvalue weighted by Crippen LogP contribution is 2.16. The van der Waals surface area contributed by atoms with Crippen LogP contribution in [0.4, 0.5) is 4.79 Å². The van der Waals surface area contributed by atoms with Gasteiger partial charge in [0.05, 0.1) is 12.7 Å². The molecule has 0 aromatic heterocycles. The van der Waals surface area contributed by atoms with Gasteiger partial charge in [0.2, 0.25) is 0 Å². The SMILES string of the molecule is Cc1cc(C)c(CCNC(=O)NCC(O)CO)c(C)c1. The van der Waals surface area contributed by atoms with Crippen LogP contribution in [0.3, 0.4) is 0 Å². The number of hydrogen-bond acceptors (Lipinski definition) is 3. The Hall–Kier alpha value is -1.59. The van der Waals surface area contributed by atoms with Crippen LogP contribution in [0.1, 0.15) is 22.3 Å². The highest BCUT2D eigenvalue weighted by molar-refractivity contribution is 5.73. The van der Waals surface area contributed by atoms with Crippen LogP contribution in [0.25, 0.3) is 0 Å². The lowest BCUT2D eigenvalue weighted by Crippen LogP contribution is -2.41. The van der Waals surface area contributed by atoms with Crippen LogP contribution in [-0.2, 0) is 6.42 Å². The number of aliphatic hydroxyl groups is 2. The van der Waals surface area contributed by atoms with Crippen molar-refractivity contribution in [3.05, 3.63) is 34.4 Å². The first kappa shape index (κ1) is 16.5. The zero-order chi connectivity index (χ0) is 15.1. The molecule has 112 valence electrons. The molecule has 0 heterocycles. The Bertz CT molecular complexity index is 437. The number of carbonyl (C=O) groups excluding carboxylic acids is 1. The average molecular weight is 280 g/mol. The van der Waals surface area contributed by atoms with Crippen LogP contribution in [0, 0.1) is 20.8 Å². The first-order chi connectivity index (χ1) is 9.43. The number of urea groups is 1. The molecule has 1 aromatic rings. The summed E-state index contributed by atoms with van der Waals surface area (Å²) in [4.78, 5) is 11.5. The van der Waals surface area contributed by atoms with Crippen molar-refractivity contribution in [3.8, 4) is 0 Å². The standard InChI is InChI=1S/C15H24N2O3/c1-10-6-11(2)14(12(3)7-10)4-5-16-15(20)17-8-13(19)9-18/h6-7,13,18-19H,4-5,8-9H2,1-3H3,(H2,16,17,20). The Morgan fingerprint density at radius 3 is 2.35 bits per heavy atom. The summed E-state index contributed by atoms with van der Waals surface area (Å²) in [7, 11) is 0. The van der Waals surface area contributed by atoms with Crippen LogP contribution < -0.4 is 10.6 Å². The number of rotatable bonds is 6. The van der Waals surface area contributed by atoms with E-state index in [9.17, 15) is 4.79 Å². The minimum Gasteiger partial charge on any atom is -0.394 e.